The lowest BCUT2D eigenvalue weighted by Crippen LogP contribution is -2.33. The maximum absolute atomic E-state index is 13.5. The van der Waals surface area contributed by atoms with Gasteiger partial charge in [-0.25, -0.2) is 4.39 Å². The number of nitrogens with one attached hydrogen (secondary N) is 2. The van der Waals surface area contributed by atoms with Gasteiger partial charge in [-0.15, -0.1) is 0 Å². The van der Waals surface area contributed by atoms with E-state index in [0.29, 0.717) is 47.3 Å². The third-order valence-electron chi connectivity index (χ3n) is 4.04. The van der Waals surface area contributed by atoms with Crippen LogP contribution in [0, 0.1) is 11.7 Å². The third kappa shape index (κ3) is 5.76. The van der Waals surface area contributed by atoms with E-state index in [0.717, 1.165) is 6.42 Å². The summed E-state index contributed by atoms with van der Waals surface area (Å²) in [5, 5.41) is 6.30. The Morgan fingerprint density at radius 2 is 2.20 bits per heavy atom. The molecule has 1 aliphatic rings. The number of benzene rings is 1. The van der Waals surface area contributed by atoms with Crippen molar-refractivity contribution in [3.63, 3.8) is 0 Å². The Morgan fingerprint density at radius 1 is 1.48 bits per heavy atom. The van der Waals surface area contributed by atoms with Crippen molar-refractivity contribution in [3.8, 4) is 0 Å². The van der Waals surface area contributed by atoms with Gasteiger partial charge in [-0.1, -0.05) is 23.8 Å². The van der Waals surface area contributed by atoms with E-state index in [9.17, 15) is 9.18 Å². The van der Waals surface area contributed by atoms with Crippen molar-refractivity contribution in [2.75, 3.05) is 19.3 Å². The number of hydrogen-bond acceptors (Lipinski definition) is 5. The molecule has 0 amide bonds. The molecule has 7 heteroatoms. The number of allylic oxidation sites excluding steroid dienone is 1. The summed E-state index contributed by atoms with van der Waals surface area (Å²) in [5.41, 5.74) is 13.4. The van der Waals surface area contributed by atoms with Crippen LogP contribution in [-0.2, 0) is 4.79 Å². The molecular formula is C18H24ClFN4O. The first-order chi connectivity index (χ1) is 11.9. The second-order valence-electron chi connectivity index (χ2n) is 6.12. The average Bonchev–Trinajstić information content (AvgIpc) is 3.29. The minimum absolute atomic E-state index is 0.136. The summed E-state index contributed by atoms with van der Waals surface area (Å²) < 4.78 is 13.5. The van der Waals surface area contributed by atoms with Crippen molar-refractivity contribution < 1.29 is 9.18 Å². The number of ketones is 1. The Hall–Kier alpha value is -2.05. The molecule has 0 aliphatic heterocycles. The molecule has 1 saturated carbocycles. The molecule has 1 aromatic rings. The molecule has 0 spiro atoms. The minimum Gasteiger partial charge on any atom is -0.398 e. The maximum atomic E-state index is 13.5. The summed E-state index contributed by atoms with van der Waals surface area (Å²) in [5.74, 6) is 0.166. The number of halogens is 2. The van der Waals surface area contributed by atoms with E-state index >= 15 is 0 Å². The van der Waals surface area contributed by atoms with E-state index in [1.807, 2.05) is 12.2 Å². The van der Waals surface area contributed by atoms with Crippen molar-refractivity contribution in [3.05, 3.63) is 46.9 Å². The molecule has 1 aliphatic carbocycles. The van der Waals surface area contributed by atoms with Crippen LogP contribution in [0.1, 0.15) is 24.8 Å². The summed E-state index contributed by atoms with van der Waals surface area (Å²) >= 11 is 6.29. The first kappa shape index (κ1) is 19.3. The Balaban J connectivity index is 1.89. The normalized spacial score (nSPS) is 18.9. The monoisotopic (exact) mass is 366 g/mol. The van der Waals surface area contributed by atoms with E-state index in [-0.39, 0.29) is 12.0 Å². The molecule has 0 radical (unpaired) electrons. The molecule has 1 fully saturated rings. The van der Waals surface area contributed by atoms with Crippen LogP contribution >= 0.6 is 11.6 Å². The fraction of sp³-hybridized carbons (Fsp3) is 0.389. The van der Waals surface area contributed by atoms with Crippen LogP contribution < -0.4 is 22.1 Å². The fourth-order valence-electron chi connectivity index (χ4n) is 2.43. The Morgan fingerprint density at radius 3 is 2.84 bits per heavy atom. The fourth-order valence-corrected chi connectivity index (χ4v) is 2.70. The highest BCUT2D eigenvalue weighted by Crippen LogP contribution is 2.27. The number of carbonyl (C=O) groups is 1. The van der Waals surface area contributed by atoms with Gasteiger partial charge in [-0.2, -0.15) is 0 Å². The first-order valence-electron chi connectivity index (χ1n) is 8.22. The van der Waals surface area contributed by atoms with Gasteiger partial charge in [0.15, 0.2) is 0 Å². The Labute approximate surface area is 152 Å². The van der Waals surface area contributed by atoms with E-state index in [4.69, 9.17) is 23.1 Å². The van der Waals surface area contributed by atoms with Crippen LogP contribution in [0.25, 0.3) is 5.70 Å². The number of carbonyl (C=O) groups excluding carboxylic acids is 1. The van der Waals surface area contributed by atoms with E-state index < -0.39 is 5.82 Å². The van der Waals surface area contributed by atoms with Crippen LogP contribution in [0.5, 0.6) is 0 Å². The van der Waals surface area contributed by atoms with Crippen LogP contribution in [-0.4, -0.2) is 25.4 Å². The standard InChI is InChI=1S/C18H24ClFN4O/c1-23-17(14-9-12(20)6-7-15(14)22)18(19)24-10-13(21)5-3-2-4-11-8-16(11)25/h2-3,6-7,9,11,13,23-24H,4-5,8,10,21-22H2,1H3/b3-2+,18-17-/t11?,13-/m0/s1. The summed E-state index contributed by atoms with van der Waals surface area (Å²) in [6.07, 6.45) is 6.16. The highest BCUT2D eigenvalue weighted by atomic mass is 35.5. The summed E-state index contributed by atoms with van der Waals surface area (Å²) in [4.78, 5) is 10.9. The second-order valence-corrected chi connectivity index (χ2v) is 6.50. The van der Waals surface area contributed by atoms with Crippen molar-refractivity contribution in [1.82, 2.24) is 10.6 Å². The molecule has 2 atom stereocenters. The zero-order chi connectivity index (χ0) is 18.4. The lowest BCUT2D eigenvalue weighted by molar-refractivity contribution is -0.111. The SMILES string of the molecule is CN/C(=C(/Cl)NC[C@@H](N)C/C=C/CC1CC1=O)c1cc(F)ccc1N. The van der Waals surface area contributed by atoms with Crippen molar-refractivity contribution in [2.45, 2.75) is 25.3 Å². The molecule has 0 saturated heterocycles. The van der Waals surface area contributed by atoms with Crippen LogP contribution in [0.15, 0.2) is 35.5 Å². The second kappa shape index (κ2) is 8.87. The number of Topliss-reactive ketones (excluding diaryl/α,β-unsaturated/α-hetero) is 1. The third-order valence-corrected chi connectivity index (χ3v) is 4.37. The predicted octanol–water partition coefficient (Wildman–Crippen LogP) is 2.33. The quantitative estimate of drug-likeness (QED) is 0.306. The van der Waals surface area contributed by atoms with Gasteiger partial charge in [0.1, 0.15) is 16.8 Å². The Kier molecular flexibility index (Phi) is 6.84. The molecule has 6 N–H and O–H groups in total. The summed E-state index contributed by atoms with van der Waals surface area (Å²) in [6.45, 7) is 0.450. The van der Waals surface area contributed by atoms with Gasteiger partial charge in [-0.3, -0.25) is 4.79 Å². The molecule has 1 aromatic carbocycles. The van der Waals surface area contributed by atoms with E-state index in [1.54, 1.807) is 7.05 Å². The first-order valence-corrected chi connectivity index (χ1v) is 8.60. The van der Waals surface area contributed by atoms with Crippen LogP contribution in [0.2, 0.25) is 0 Å². The van der Waals surface area contributed by atoms with Gasteiger partial charge >= 0.3 is 0 Å². The van der Waals surface area contributed by atoms with Gasteiger partial charge in [0.2, 0.25) is 0 Å². The van der Waals surface area contributed by atoms with E-state index in [2.05, 4.69) is 10.6 Å². The van der Waals surface area contributed by atoms with Crippen LogP contribution in [0.3, 0.4) is 0 Å². The highest BCUT2D eigenvalue weighted by Gasteiger charge is 2.32. The molecule has 2 rings (SSSR count). The number of anilines is 1. The molecule has 0 heterocycles. The predicted molar refractivity (Wildman–Crippen MR) is 100 cm³/mol. The van der Waals surface area contributed by atoms with Gasteiger partial charge in [0.05, 0.1) is 5.70 Å². The lowest BCUT2D eigenvalue weighted by atomic mass is 10.1. The summed E-state index contributed by atoms with van der Waals surface area (Å²) in [7, 11) is 1.69. The minimum atomic E-state index is -0.391. The van der Waals surface area contributed by atoms with Crippen molar-refractivity contribution >= 4 is 28.8 Å². The van der Waals surface area contributed by atoms with Crippen molar-refractivity contribution in [2.24, 2.45) is 11.7 Å². The molecule has 0 bridgehead atoms. The molecule has 1 unspecified atom stereocenters. The smallest absolute Gasteiger partial charge is 0.137 e. The van der Waals surface area contributed by atoms with Gasteiger partial charge in [0.25, 0.3) is 0 Å². The zero-order valence-electron chi connectivity index (χ0n) is 14.2. The van der Waals surface area contributed by atoms with E-state index in [1.165, 1.54) is 18.2 Å². The number of nitrogen functional groups attached to an aromatic ring is 1. The molecule has 5 nitrogen and oxygen atoms in total. The molecule has 136 valence electrons. The van der Waals surface area contributed by atoms with Crippen LogP contribution in [0.4, 0.5) is 10.1 Å². The largest absolute Gasteiger partial charge is 0.398 e. The molecule has 25 heavy (non-hydrogen) atoms. The highest BCUT2D eigenvalue weighted by molar-refractivity contribution is 6.32. The number of nitrogens with two attached hydrogens (primary N) is 2. The lowest BCUT2D eigenvalue weighted by Gasteiger charge is -2.16. The molecular weight excluding hydrogens is 343 g/mol. The number of hydrogen-bond donors (Lipinski definition) is 4. The topological polar surface area (TPSA) is 93.2 Å². The van der Waals surface area contributed by atoms with Gasteiger partial charge in [-0.05, 0) is 31.0 Å². The summed E-state index contributed by atoms with van der Waals surface area (Å²) in [6, 6.07) is 3.98. The molecule has 0 aromatic heterocycles. The van der Waals surface area contributed by atoms with Gasteiger partial charge < -0.3 is 22.1 Å². The van der Waals surface area contributed by atoms with Crippen molar-refractivity contribution in [1.29, 1.82) is 0 Å². The zero-order valence-corrected chi connectivity index (χ0v) is 14.9. The Bertz CT molecular complexity index is 690. The average molecular weight is 367 g/mol. The number of rotatable bonds is 9. The van der Waals surface area contributed by atoms with Gasteiger partial charge in [0, 0.05) is 43.2 Å². The maximum Gasteiger partial charge on any atom is 0.137 e.